The van der Waals surface area contributed by atoms with E-state index < -0.39 is 18.2 Å². The zero-order valence-corrected chi connectivity index (χ0v) is 26.8. The Morgan fingerprint density at radius 2 is 1.57 bits per heavy atom. The molecule has 0 radical (unpaired) electrons. The highest BCUT2D eigenvalue weighted by Gasteiger charge is 2.65. The number of ether oxygens (including phenoxy) is 2. The fourth-order valence-corrected chi connectivity index (χ4v) is 9.17. The number of hydrogen-bond acceptors (Lipinski definition) is 6. The van der Waals surface area contributed by atoms with E-state index in [1.165, 1.54) is 0 Å². The van der Waals surface area contributed by atoms with Crippen LogP contribution < -0.4 is 0 Å². The quantitative estimate of drug-likeness (QED) is 0.221. The summed E-state index contributed by atoms with van der Waals surface area (Å²) in [6.07, 6.45) is 6.21. The maximum absolute atomic E-state index is 11.8. The van der Waals surface area contributed by atoms with Crippen LogP contribution in [0.15, 0.2) is 0 Å². The number of rotatable bonds is 8. The highest BCUT2D eigenvalue weighted by Crippen LogP contribution is 2.68. The topological polar surface area (TPSA) is 113 Å². The van der Waals surface area contributed by atoms with E-state index in [2.05, 4.69) is 20.8 Å². The van der Waals surface area contributed by atoms with Crippen molar-refractivity contribution in [1.82, 2.24) is 0 Å². The van der Waals surface area contributed by atoms with Gasteiger partial charge in [0.2, 0.25) is 0 Å². The number of carboxylic acid groups (broad SMARTS) is 1. The lowest BCUT2D eigenvalue weighted by atomic mass is 9.43. The van der Waals surface area contributed by atoms with Gasteiger partial charge in [-0.25, -0.2) is 0 Å². The fourth-order valence-electron chi connectivity index (χ4n) is 9.17. The Balaban J connectivity index is 0.00000134. The van der Waals surface area contributed by atoms with Gasteiger partial charge in [0.1, 0.15) is 0 Å². The Kier molecular flexibility index (Phi) is 13.0. The summed E-state index contributed by atoms with van der Waals surface area (Å²) in [5, 5.41) is 32.4. The zero-order valence-electron chi connectivity index (χ0n) is 26.8. The SMILES string of the molecule is CC.CC.CC(C)C(=O)OCOC1CCC2(C)C(C1)C[C@@H](O)C1C2C[C@H](O)C2(C)C(C(C)CCC(=O)O)CCC12. The van der Waals surface area contributed by atoms with Crippen LogP contribution in [-0.4, -0.2) is 52.4 Å². The fraction of sp³-hybridized carbons (Fsp3) is 0.939. The van der Waals surface area contributed by atoms with Crippen LogP contribution in [0.25, 0.3) is 0 Å². The predicted molar refractivity (Wildman–Crippen MR) is 157 cm³/mol. The van der Waals surface area contributed by atoms with E-state index in [1.54, 1.807) is 13.8 Å². The largest absolute Gasteiger partial charge is 0.481 e. The summed E-state index contributed by atoms with van der Waals surface area (Å²) < 4.78 is 11.2. The first-order valence-corrected chi connectivity index (χ1v) is 16.3. The third-order valence-corrected chi connectivity index (χ3v) is 11.3. The van der Waals surface area contributed by atoms with Crippen LogP contribution >= 0.6 is 0 Å². The molecular formula is C33H60O7. The summed E-state index contributed by atoms with van der Waals surface area (Å²) in [6, 6.07) is 0. The van der Waals surface area contributed by atoms with Crippen molar-refractivity contribution in [3.63, 3.8) is 0 Å². The highest BCUT2D eigenvalue weighted by atomic mass is 16.7. The van der Waals surface area contributed by atoms with Gasteiger partial charge >= 0.3 is 11.9 Å². The van der Waals surface area contributed by atoms with Gasteiger partial charge in [0.05, 0.1) is 24.2 Å². The van der Waals surface area contributed by atoms with Crippen molar-refractivity contribution in [2.75, 3.05) is 6.79 Å². The molecule has 40 heavy (non-hydrogen) atoms. The first-order valence-electron chi connectivity index (χ1n) is 16.3. The summed E-state index contributed by atoms with van der Waals surface area (Å²) in [5.41, 5.74) is -0.225. The average Bonchev–Trinajstić information content (AvgIpc) is 3.29. The first-order chi connectivity index (χ1) is 18.9. The van der Waals surface area contributed by atoms with Crippen molar-refractivity contribution in [1.29, 1.82) is 0 Å². The van der Waals surface area contributed by atoms with Crippen molar-refractivity contribution >= 4 is 11.9 Å². The molecule has 0 amide bonds. The molecule has 0 aromatic rings. The maximum Gasteiger partial charge on any atom is 0.310 e. The third-order valence-electron chi connectivity index (χ3n) is 11.3. The highest BCUT2D eigenvalue weighted by molar-refractivity contribution is 5.71. The zero-order chi connectivity index (χ0) is 30.4. The number of aliphatic hydroxyl groups excluding tert-OH is 2. The summed E-state index contributed by atoms with van der Waals surface area (Å²) >= 11 is 0. The molecule has 4 saturated carbocycles. The van der Waals surface area contributed by atoms with E-state index in [1.807, 2.05) is 27.7 Å². The minimum atomic E-state index is -0.759. The van der Waals surface area contributed by atoms with E-state index >= 15 is 0 Å². The second kappa shape index (κ2) is 14.8. The summed E-state index contributed by atoms with van der Waals surface area (Å²) in [5.74, 6) is 0.373. The van der Waals surface area contributed by atoms with E-state index in [0.717, 1.165) is 38.5 Å². The number of aliphatic carboxylic acids is 1. The number of aliphatic hydroxyl groups is 2. The van der Waals surface area contributed by atoms with Crippen molar-refractivity contribution in [3.8, 4) is 0 Å². The molecule has 7 nitrogen and oxygen atoms in total. The van der Waals surface area contributed by atoms with Gasteiger partial charge in [0.15, 0.2) is 6.79 Å². The monoisotopic (exact) mass is 568 g/mol. The smallest absolute Gasteiger partial charge is 0.310 e. The second-order valence-electron chi connectivity index (χ2n) is 13.3. The molecule has 0 bridgehead atoms. The molecule has 11 atom stereocenters. The lowest BCUT2D eigenvalue weighted by molar-refractivity contribution is -0.214. The van der Waals surface area contributed by atoms with E-state index in [0.29, 0.717) is 18.8 Å². The summed E-state index contributed by atoms with van der Waals surface area (Å²) in [7, 11) is 0. The molecule has 3 N–H and O–H groups in total. The molecule has 4 rings (SSSR count). The van der Waals surface area contributed by atoms with Gasteiger partial charge in [0, 0.05) is 6.42 Å². The van der Waals surface area contributed by atoms with Crippen LogP contribution in [0, 0.1) is 52.3 Å². The van der Waals surface area contributed by atoms with Gasteiger partial charge in [-0.1, -0.05) is 62.3 Å². The normalized spacial score (nSPS) is 40.7. The first kappa shape index (κ1) is 35.0. The van der Waals surface area contributed by atoms with Gasteiger partial charge in [-0.3, -0.25) is 9.59 Å². The van der Waals surface area contributed by atoms with E-state index in [9.17, 15) is 24.9 Å². The molecule has 9 unspecified atom stereocenters. The molecule has 7 heteroatoms. The molecule has 0 aromatic heterocycles. The minimum absolute atomic E-state index is 0.0136. The van der Waals surface area contributed by atoms with E-state index in [4.69, 9.17) is 9.47 Å². The number of fused-ring (bicyclic) bond motifs is 5. The number of carbonyl (C=O) groups is 2. The lowest BCUT2D eigenvalue weighted by Gasteiger charge is -2.63. The van der Waals surface area contributed by atoms with Crippen molar-refractivity contribution in [3.05, 3.63) is 0 Å². The Hall–Kier alpha value is -1.18. The second-order valence-corrected chi connectivity index (χ2v) is 13.3. The Bertz CT molecular complexity index is 815. The molecule has 0 spiro atoms. The summed E-state index contributed by atoms with van der Waals surface area (Å²) in [6.45, 7) is 18.3. The van der Waals surface area contributed by atoms with Crippen LogP contribution in [0.1, 0.15) is 120 Å². The van der Waals surface area contributed by atoms with Crippen molar-refractivity contribution in [2.24, 2.45) is 52.3 Å². The average molecular weight is 569 g/mol. The Morgan fingerprint density at radius 3 is 2.17 bits per heavy atom. The third kappa shape index (κ3) is 6.89. The predicted octanol–water partition coefficient (Wildman–Crippen LogP) is 6.68. The van der Waals surface area contributed by atoms with E-state index in [-0.39, 0.29) is 71.6 Å². The van der Waals surface area contributed by atoms with Gasteiger partial charge in [0.25, 0.3) is 0 Å². The molecule has 4 aliphatic carbocycles. The molecule has 0 heterocycles. The van der Waals surface area contributed by atoms with Crippen LogP contribution in [0.2, 0.25) is 0 Å². The van der Waals surface area contributed by atoms with Crippen LogP contribution in [0.3, 0.4) is 0 Å². The number of carbonyl (C=O) groups excluding carboxylic acids is 1. The van der Waals surface area contributed by atoms with Gasteiger partial charge < -0.3 is 24.8 Å². The van der Waals surface area contributed by atoms with Crippen LogP contribution in [-0.2, 0) is 19.1 Å². The molecular weight excluding hydrogens is 508 g/mol. The summed E-state index contributed by atoms with van der Waals surface area (Å²) in [4.78, 5) is 22.9. The van der Waals surface area contributed by atoms with Gasteiger partial charge in [-0.05, 0) is 97.7 Å². The van der Waals surface area contributed by atoms with Crippen molar-refractivity contribution in [2.45, 2.75) is 138 Å². The Morgan fingerprint density at radius 1 is 0.925 bits per heavy atom. The minimum Gasteiger partial charge on any atom is -0.481 e. The van der Waals surface area contributed by atoms with Crippen LogP contribution in [0.4, 0.5) is 0 Å². The Labute approximate surface area is 243 Å². The molecule has 4 fully saturated rings. The molecule has 234 valence electrons. The van der Waals surface area contributed by atoms with Crippen LogP contribution in [0.5, 0.6) is 0 Å². The lowest BCUT2D eigenvalue weighted by Crippen LogP contribution is -2.62. The molecule has 4 aliphatic rings. The standard InChI is InChI=1S/C29H48O7.2C2H6/c1-16(2)27(34)36-15-35-19-10-11-28(4)18(12-19)13-23(30)26-21-8-7-20(17(3)6-9-25(32)33)29(21,5)24(31)14-22(26)28;2*1-2/h16-24,26,30-31H,6-15H2,1-5H3,(H,32,33);2*1-2H3/t17?,18?,19?,20?,21?,22?,23-,24+,26?,28?,29?;;/m1../s1. The molecule has 0 saturated heterocycles. The maximum atomic E-state index is 11.8. The molecule has 0 aliphatic heterocycles. The number of esters is 1. The van der Waals surface area contributed by atoms with Gasteiger partial charge in [-0.2, -0.15) is 0 Å². The number of hydrogen-bond donors (Lipinski definition) is 3. The van der Waals surface area contributed by atoms with Crippen molar-refractivity contribution < 1.29 is 34.4 Å². The number of carboxylic acids is 1. The van der Waals surface area contributed by atoms with Gasteiger partial charge in [-0.15, -0.1) is 0 Å². The molecule has 0 aromatic carbocycles.